The number of amides is 1. The monoisotopic (exact) mass is 504 g/mol. The number of fused-ring (bicyclic) bond motifs is 2. The molecule has 2 aromatic carbocycles. The lowest BCUT2D eigenvalue weighted by Gasteiger charge is -2.20. The molecule has 0 N–H and O–H groups in total. The fourth-order valence-corrected chi connectivity index (χ4v) is 3.91. The molecule has 4 aromatic rings. The number of anilines is 1. The fourth-order valence-electron chi connectivity index (χ4n) is 3.71. The summed E-state index contributed by atoms with van der Waals surface area (Å²) in [5.41, 5.74) is 1.94. The van der Waals surface area contributed by atoms with E-state index in [1.54, 1.807) is 35.0 Å². The minimum absolute atomic E-state index is 0.00471. The Balaban J connectivity index is 0.00000141. The predicted molar refractivity (Wildman–Crippen MR) is 126 cm³/mol. The first kappa shape index (κ1) is 24.3. The second-order valence-electron chi connectivity index (χ2n) is 7.12. The minimum Gasteiger partial charge on any atom is -0.475 e. The van der Waals surface area contributed by atoms with Crippen molar-refractivity contribution in [1.82, 2.24) is 14.5 Å². The van der Waals surface area contributed by atoms with Gasteiger partial charge >= 0.3 is 6.36 Å². The number of halogens is 4. The first-order valence-corrected chi connectivity index (χ1v) is 11.1. The maximum Gasteiger partial charge on any atom is 0.573 e. The van der Waals surface area contributed by atoms with Crippen molar-refractivity contribution in [2.24, 2.45) is 0 Å². The molecule has 7 nitrogen and oxygen atoms in total. The van der Waals surface area contributed by atoms with Crippen LogP contribution in [0.1, 0.15) is 24.2 Å². The van der Waals surface area contributed by atoms with Gasteiger partial charge in [-0.25, -0.2) is 9.97 Å². The molecule has 3 heterocycles. The number of hydrogen-bond donors (Lipinski definition) is 0. The third-order valence-corrected chi connectivity index (χ3v) is 5.38. The van der Waals surface area contributed by atoms with Crippen LogP contribution >= 0.6 is 11.6 Å². The van der Waals surface area contributed by atoms with Crippen molar-refractivity contribution in [3.63, 3.8) is 0 Å². The maximum atomic E-state index is 13.1. The minimum atomic E-state index is -4.78. The van der Waals surface area contributed by atoms with Gasteiger partial charge in [-0.1, -0.05) is 31.5 Å². The topological polar surface area (TPSA) is 69.5 Å². The molecule has 1 aliphatic heterocycles. The van der Waals surface area contributed by atoms with Crippen molar-refractivity contribution < 1.29 is 27.4 Å². The Morgan fingerprint density at radius 1 is 1.06 bits per heavy atom. The second kappa shape index (κ2) is 9.83. The van der Waals surface area contributed by atoms with Crippen LogP contribution in [0.4, 0.5) is 18.9 Å². The molecular weight excluding hydrogens is 485 g/mol. The summed E-state index contributed by atoms with van der Waals surface area (Å²) < 4.78 is 49.1. The van der Waals surface area contributed by atoms with Gasteiger partial charge in [-0.05, 0) is 36.4 Å². The summed E-state index contributed by atoms with van der Waals surface area (Å²) in [5.74, 6) is -0.564. The van der Waals surface area contributed by atoms with E-state index in [1.807, 2.05) is 19.9 Å². The largest absolute Gasteiger partial charge is 0.573 e. The van der Waals surface area contributed by atoms with Crippen LogP contribution in [0.5, 0.6) is 11.6 Å². The molecule has 1 amide bonds. The number of rotatable bonds is 3. The highest BCUT2D eigenvalue weighted by molar-refractivity contribution is 6.33. The van der Waals surface area contributed by atoms with Crippen molar-refractivity contribution >= 4 is 34.1 Å². The van der Waals surface area contributed by atoms with Crippen molar-refractivity contribution in [2.75, 3.05) is 18.1 Å². The summed E-state index contributed by atoms with van der Waals surface area (Å²) in [5, 5.41) is 0.785. The lowest BCUT2D eigenvalue weighted by Crippen LogP contribution is -2.32. The van der Waals surface area contributed by atoms with Crippen LogP contribution in [0, 0.1) is 0 Å². The third kappa shape index (κ3) is 5.02. The van der Waals surface area contributed by atoms with Gasteiger partial charge in [0.2, 0.25) is 5.88 Å². The molecule has 11 heteroatoms. The van der Waals surface area contributed by atoms with Crippen LogP contribution in [0.2, 0.25) is 5.15 Å². The molecule has 0 bridgehead atoms. The molecule has 35 heavy (non-hydrogen) atoms. The zero-order valence-electron chi connectivity index (χ0n) is 18.7. The Morgan fingerprint density at radius 3 is 2.63 bits per heavy atom. The van der Waals surface area contributed by atoms with Gasteiger partial charge in [-0.15, -0.1) is 13.2 Å². The quantitative estimate of drug-likeness (QED) is 0.318. The molecule has 0 unspecified atom stereocenters. The molecule has 0 saturated carbocycles. The summed E-state index contributed by atoms with van der Waals surface area (Å²) in [6, 6.07) is 12.8. The number of aromatic nitrogens is 3. The molecule has 0 atom stereocenters. The van der Waals surface area contributed by atoms with Gasteiger partial charge in [-0.3, -0.25) is 4.79 Å². The summed E-state index contributed by atoms with van der Waals surface area (Å²) in [6.45, 7) is 4.49. The molecule has 2 aromatic heterocycles. The van der Waals surface area contributed by atoms with Crippen molar-refractivity contribution in [3.05, 3.63) is 71.8 Å². The Labute approximate surface area is 203 Å². The number of carbonyl (C=O) groups excluding carboxylic acids is 1. The highest BCUT2D eigenvalue weighted by Crippen LogP contribution is 2.32. The number of alkyl halides is 3. The average Bonchev–Trinajstić information content (AvgIpc) is 3.17. The van der Waals surface area contributed by atoms with Crippen LogP contribution in [-0.2, 0) is 0 Å². The molecule has 0 saturated heterocycles. The van der Waals surface area contributed by atoms with Gasteiger partial charge in [0.05, 0.1) is 12.1 Å². The Hall–Kier alpha value is -3.79. The van der Waals surface area contributed by atoms with E-state index in [0.717, 1.165) is 10.9 Å². The van der Waals surface area contributed by atoms with E-state index in [2.05, 4.69) is 14.7 Å². The average molecular weight is 505 g/mol. The zero-order chi connectivity index (χ0) is 25.2. The second-order valence-corrected chi connectivity index (χ2v) is 7.48. The molecule has 5 rings (SSSR count). The standard InChI is InChI=1S/C22H14ClF3N4O3.C2H6/c23-19-18-20(28-12-27-19)32-9-8-30(21(18)31)15-4-5-17-13(10-15)6-7-29(17)14-2-1-3-16(11-14)33-22(24,25)26;1-2/h1-7,10-12H,8-9H2;1-2H3. The summed E-state index contributed by atoms with van der Waals surface area (Å²) in [7, 11) is 0. The summed E-state index contributed by atoms with van der Waals surface area (Å²) in [6.07, 6.45) is -1.82. The first-order valence-electron chi connectivity index (χ1n) is 10.7. The van der Waals surface area contributed by atoms with E-state index < -0.39 is 6.36 Å². The van der Waals surface area contributed by atoms with Crippen LogP contribution in [0.15, 0.2) is 61.1 Å². The fraction of sp³-hybridized carbons (Fsp3) is 0.208. The van der Waals surface area contributed by atoms with Gasteiger partial charge < -0.3 is 18.9 Å². The highest BCUT2D eigenvalue weighted by atomic mass is 35.5. The number of nitrogens with zero attached hydrogens (tertiary/aromatic N) is 4. The van der Waals surface area contributed by atoms with Crippen molar-refractivity contribution in [1.29, 1.82) is 0 Å². The molecule has 0 aliphatic carbocycles. The lowest BCUT2D eigenvalue weighted by atomic mass is 10.2. The Bertz CT molecular complexity index is 1370. The first-order chi connectivity index (χ1) is 16.8. The van der Waals surface area contributed by atoms with Gasteiger partial charge in [0.25, 0.3) is 5.91 Å². The number of carbonyl (C=O) groups is 1. The van der Waals surface area contributed by atoms with E-state index in [1.165, 1.54) is 29.4 Å². The molecular formula is C24H20ClF3N4O3. The Kier molecular flexibility index (Phi) is 6.83. The Morgan fingerprint density at radius 2 is 1.86 bits per heavy atom. The van der Waals surface area contributed by atoms with Crippen LogP contribution in [0.3, 0.4) is 0 Å². The normalized spacial score (nSPS) is 13.4. The zero-order valence-corrected chi connectivity index (χ0v) is 19.5. The van der Waals surface area contributed by atoms with E-state index >= 15 is 0 Å². The SMILES string of the molecule is CC.O=C1c2c(Cl)ncnc2OCCN1c1ccc2c(ccn2-c2cccc(OC(F)(F)F)c2)c1. The van der Waals surface area contributed by atoms with Crippen LogP contribution in [0.25, 0.3) is 16.6 Å². The molecule has 1 aliphatic rings. The van der Waals surface area contributed by atoms with Gasteiger partial charge in [0.15, 0.2) is 0 Å². The third-order valence-electron chi connectivity index (χ3n) is 5.09. The maximum absolute atomic E-state index is 13.1. The summed E-state index contributed by atoms with van der Waals surface area (Å²) >= 11 is 6.12. The lowest BCUT2D eigenvalue weighted by molar-refractivity contribution is -0.274. The van der Waals surface area contributed by atoms with Gasteiger partial charge in [-0.2, -0.15) is 0 Å². The number of hydrogen-bond acceptors (Lipinski definition) is 5. The smallest absolute Gasteiger partial charge is 0.475 e. The van der Waals surface area contributed by atoms with Crippen LogP contribution < -0.4 is 14.4 Å². The van der Waals surface area contributed by atoms with E-state index in [0.29, 0.717) is 11.4 Å². The number of benzene rings is 2. The van der Waals surface area contributed by atoms with Gasteiger partial charge in [0.1, 0.15) is 29.4 Å². The molecule has 0 spiro atoms. The van der Waals surface area contributed by atoms with Gasteiger partial charge in [0, 0.05) is 29.0 Å². The van der Waals surface area contributed by atoms with Crippen LogP contribution in [-0.4, -0.2) is 40.0 Å². The van der Waals surface area contributed by atoms with Crippen molar-refractivity contribution in [2.45, 2.75) is 20.2 Å². The van der Waals surface area contributed by atoms with Crippen molar-refractivity contribution in [3.8, 4) is 17.3 Å². The molecule has 0 fully saturated rings. The highest BCUT2D eigenvalue weighted by Gasteiger charge is 2.31. The van der Waals surface area contributed by atoms with E-state index in [9.17, 15) is 18.0 Å². The number of ether oxygens (including phenoxy) is 2. The van der Waals surface area contributed by atoms with E-state index in [4.69, 9.17) is 16.3 Å². The predicted octanol–water partition coefficient (Wildman–Crippen LogP) is 6.04. The van der Waals surface area contributed by atoms with E-state index in [-0.39, 0.29) is 41.4 Å². The molecule has 0 radical (unpaired) electrons. The summed E-state index contributed by atoms with van der Waals surface area (Å²) in [4.78, 5) is 22.5. The molecule has 182 valence electrons.